The molecule has 102 valence electrons. The first-order valence-corrected chi connectivity index (χ1v) is 7.61. The molecule has 0 bridgehead atoms. The summed E-state index contributed by atoms with van der Waals surface area (Å²) >= 11 is 0. The van der Waals surface area contributed by atoms with E-state index in [0.717, 1.165) is 11.8 Å². The second kappa shape index (κ2) is 6.22. The Balaban J connectivity index is 2.41. The summed E-state index contributed by atoms with van der Waals surface area (Å²) in [6.45, 7) is 11.8. The summed E-state index contributed by atoms with van der Waals surface area (Å²) in [7, 11) is 0. The number of hydrogen-bond acceptors (Lipinski definition) is 1. The summed E-state index contributed by atoms with van der Waals surface area (Å²) in [5.74, 6) is 2.40. The van der Waals surface area contributed by atoms with Crippen molar-refractivity contribution in [3.63, 3.8) is 0 Å². The van der Waals surface area contributed by atoms with Crippen molar-refractivity contribution in [1.82, 2.24) is 0 Å². The van der Waals surface area contributed by atoms with Crippen molar-refractivity contribution < 1.29 is 0 Å². The third-order valence-corrected chi connectivity index (χ3v) is 4.94. The molecule has 1 aliphatic rings. The van der Waals surface area contributed by atoms with Gasteiger partial charge in [-0.15, -0.1) is 0 Å². The summed E-state index contributed by atoms with van der Waals surface area (Å²) in [5, 5.41) is 0. The average Bonchev–Trinajstić information content (AvgIpc) is 2.27. The van der Waals surface area contributed by atoms with Gasteiger partial charge in [-0.1, -0.05) is 41.0 Å². The van der Waals surface area contributed by atoms with E-state index in [1.807, 2.05) is 0 Å². The molecule has 1 heteroatoms. The van der Waals surface area contributed by atoms with Crippen molar-refractivity contribution in [3.05, 3.63) is 0 Å². The van der Waals surface area contributed by atoms with Crippen molar-refractivity contribution in [1.29, 1.82) is 0 Å². The van der Waals surface area contributed by atoms with Gasteiger partial charge in [0.25, 0.3) is 0 Å². The lowest BCUT2D eigenvalue weighted by Gasteiger charge is -2.40. The van der Waals surface area contributed by atoms with Crippen LogP contribution < -0.4 is 5.73 Å². The molecule has 2 unspecified atom stereocenters. The van der Waals surface area contributed by atoms with E-state index < -0.39 is 0 Å². The molecule has 17 heavy (non-hydrogen) atoms. The predicted octanol–water partition coefficient (Wildman–Crippen LogP) is 4.60. The first-order valence-electron chi connectivity index (χ1n) is 7.61. The first kappa shape index (κ1) is 15.0. The Hall–Kier alpha value is -0.0400. The average molecular weight is 239 g/mol. The van der Waals surface area contributed by atoms with Crippen LogP contribution in [0.4, 0.5) is 0 Å². The molecule has 0 aliphatic heterocycles. The van der Waals surface area contributed by atoms with E-state index in [9.17, 15) is 0 Å². The fraction of sp³-hybridized carbons (Fsp3) is 1.00. The van der Waals surface area contributed by atoms with Gasteiger partial charge in [0.15, 0.2) is 0 Å². The van der Waals surface area contributed by atoms with Crippen molar-refractivity contribution in [2.24, 2.45) is 28.9 Å². The summed E-state index contributed by atoms with van der Waals surface area (Å²) in [4.78, 5) is 0. The maximum Gasteiger partial charge on any atom is 0.00929 e. The maximum absolute atomic E-state index is 6.43. The molecule has 0 heterocycles. The number of nitrogens with two attached hydrogens (primary N) is 1. The minimum Gasteiger partial charge on any atom is -0.327 e. The number of rotatable bonds is 4. The maximum atomic E-state index is 6.43. The second-order valence-electron chi connectivity index (χ2n) is 7.32. The highest BCUT2D eigenvalue weighted by molar-refractivity contribution is 4.86. The Kier molecular flexibility index (Phi) is 5.50. The molecule has 2 N–H and O–H groups in total. The van der Waals surface area contributed by atoms with Gasteiger partial charge < -0.3 is 5.73 Å². The third-order valence-electron chi connectivity index (χ3n) is 4.94. The van der Waals surface area contributed by atoms with Crippen LogP contribution in [0.25, 0.3) is 0 Å². The van der Waals surface area contributed by atoms with Crippen LogP contribution in [0.3, 0.4) is 0 Å². The predicted molar refractivity (Wildman–Crippen MR) is 77.0 cm³/mol. The van der Waals surface area contributed by atoms with E-state index in [4.69, 9.17) is 5.73 Å². The van der Waals surface area contributed by atoms with Crippen LogP contribution in [0.1, 0.15) is 73.1 Å². The topological polar surface area (TPSA) is 26.0 Å². The van der Waals surface area contributed by atoms with Crippen LogP contribution in [0.15, 0.2) is 0 Å². The molecule has 0 spiro atoms. The minimum absolute atomic E-state index is 0.441. The zero-order valence-corrected chi connectivity index (χ0v) is 12.6. The largest absolute Gasteiger partial charge is 0.327 e. The Morgan fingerprint density at radius 1 is 1.12 bits per heavy atom. The van der Waals surface area contributed by atoms with Crippen LogP contribution in [0, 0.1) is 23.2 Å². The number of hydrogen-bond donors (Lipinski definition) is 1. The van der Waals surface area contributed by atoms with E-state index in [-0.39, 0.29) is 0 Å². The third kappa shape index (κ3) is 4.28. The lowest BCUT2D eigenvalue weighted by molar-refractivity contribution is 0.128. The SMILES string of the molecule is CCCC(C)C(N)C1CCC(C(C)(C)C)CC1. The summed E-state index contributed by atoms with van der Waals surface area (Å²) in [6.07, 6.45) is 8.06. The molecular weight excluding hydrogens is 206 g/mol. The van der Waals surface area contributed by atoms with Gasteiger partial charge in [-0.2, -0.15) is 0 Å². The molecule has 0 radical (unpaired) electrons. The lowest BCUT2D eigenvalue weighted by Crippen LogP contribution is -2.39. The Bertz CT molecular complexity index is 208. The molecule has 0 saturated heterocycles. The lowest BCUT2D eigenvalue weighted by atomic mass is 9.67. The molecular formula is C16H33N. The first-order chi connectivity index (χ1) is 7.86. The van der Waals surface area contributed by atoms with Crippen LogP contribution in [0.5, 0.6) is 0 Å². The zero-order valence-electron chi connectivity index (χ0n) is 12.6. The van der Waals surface area contributed by atoms with Gasteiger partial charge in [-0.25, -0.2) is 0 Å². The smallest absolute Gasteiger partial charge is 0.00929 e. The molecule has 0 aromatic rings. The minimum atomic E-state index is 0.441. The molecule has 1 nitrogen and oxygen atoms in total. The van der Waals surface area contributed by atoms with Crippen LogP contribution in [0.2, 0.25) is 0 Å². The highest BCUT2D eigenvalue weighted by Crippen LogP contribution is 2.41. The molecule has 1 fully saturated rings. The fourth-order valence-electron chi connectivity index (χ4n) is 3.48. The highest BCUT2D eigenvalue weighted by atomic mass is 14.7. The van der Waals surface area contributed by atoms with E-state index in [1.165, 1.54) is 38.5 Å². The Morgan fingerprint density at radius 3 is 2.06 bits per heavy atom. The standard InChI is InChI=1S/C16H33N/c1-6-7-12(2)15(17)13-8-10-14(11-9-13)16(3,4)5/h12-15H,6-11,17H2,1-5H3. The van der Waals surface area contributed by atoms with Crippen LogP contribution in [-0.4, -0.2) is 6.04 Å². The summed E-state index contributed by atoms with van der Waals surface area (Å²) < 4.78 is 0. The van der Waals surface area contributed by atoms with Gasteiger partial charge in [0, 0.05) is 6.04 Å². The Labute approximate surface area is 109 Å². The fourth-order valence-corrected chi connectivity index (χ4v) is 3.48. The molecule has 0 aromatic carbocycles. The van der Waals surface area contributed by atoms with E-state index in [2.05, 4.69) is 34.6 Å². The van der Waals surface area contributed by atoms with Crippen LogP contribution in [-0.2, 0) is 0 Å². The van der Waals surface area contributed by atoms with Gasteiger partial charge in [0.05, 0.1) is 0 Å². The van der Waals surface area contributed by atoms with Crippen molar-refractivity contribution in [2.45, 2.75) is 79.2 Å². The molecule has 1 saturated carbocycles. The molecule has 0 aromatic heterocycles. The van der Waals surface area contributed by atoms with Gasteiger partial charge >= 0.3 is 0 Å². The highest BCUT2D eigenvalue weighted by Gasteiger charge is 2.32. The molecule has 1 rings (SSSR count). The van der Waals surface area contributed by atoms with E-state index >= 15 is 0 Å². The van der Waals surface area contributed by atoms with Crippen molar-refractivity contribution >= 4 is 0 Å². The molecule has 1 aliphatic carbocycles. The molecule has 2 atom stereocenters. The Morgan fingerprint density at radius 2 is 1.65 bits per heavy atom. The van der Waals surface area contributed by atoms with Crippen molar-refractivity contribution in [3.8, 4) is 0 Å². The normalized spacial score (nSPS) is 30.0. The van der Waals surface area contributed by atoms with Gasteiger partial charge in [0.1, 0.15) is 0 Å². The van der Waals surface area contributed by atoms with Gasteiger partial charge in [-0.05, 0) is 55.3 Å². The molecule has 0 amide bonds. The monoisotopic (exact) mass is 239 g/mol. The van der Waals surface area contributed by atoms with E-state index in [0.29, 0.717) is 17.4 Å². The second-order valence-corrected chi connectivity index (χ2v) is 7.32. The van der Waals surface area contributed by atoms with Crippen molar-refractivity contribution in [2.75, 3.05) is 0 Å². The van der Waals surface area contributed by atoms with Gasteiger partial charge in [-0.3, -0.25) is 0 Å². The van der Waals surface area contributed by atoms with E-state index in [1.54, 1.807) is 0 Å². The quantitative estimate of drug-likeness (QED) is 0.762. The summed E-state index contributed by atoms with van der Waals surface area (Å²) in [5.41, 5.74) is 6.92. The summed E-state index contributed by atoms with van der Waals surface area (Å²) in [6, 6.07) is 0.441. The van der Waals surface area contributed by atoms with Crippen LogP contribution >= 0.6 is 0 Å². The zero-order chi connectivity index (χ0) is 13.1. The van der Waals surface area contributed by atoms with Gasteiger partial charge in [0.2, 0.25) is 0 Å².